The van der Waals surface area contributed by atoms with Crippen molar-refractivity contribution in [3.05, 3.63) is 12.2 Å². The van der Waals surface area contributed by atoms with Crippen LogP contribution >= 0.6 is 0 Å². The van der Waals surface area contributed by atoms with Gasteiger partial charge in [0.25, 0.3) is 0 Å². The van der Waals surface area contributed by atoms with Crippen LogP contribution in [0.1, 0.15) is 13.3 Å². The van der Waals surface area contributed by atoms with Crippen LogP contribution in [-0.4, -0.2) is 32.0 Å². The molecule has 0 spiro atoms. The maximum Gasteiger partial charge on any atom is 0.391 e. The molecule has 0 aliphatic heterocycles. The number of carbonyl (C=O) groups is 1. The first-order valence-electron chi connectivity index (χ1n) is 4.36. The topological polar surface area (TPSA) is 35.5 Å². The van der Waals surface area contributed by atoms with Crippen LogP contribution < -0.4 is 0 Å². The molecule has 0 heterocycles. The summed E-state index contributed by atoms with van der Waals surface area (Å²) in [7, 11) is 0. The predicted molar refractivity (Wildman–Crippen MR) is 47.3 cm³/mol. The van der Waals surface area contributed by atoms with E-state index in [1.807, 2.05) is 0 Å². The van der Waals surface area contributed by atoms with Crippen LogP contribution in [0.25, 0.3) is 0 Å². The molecular formula is C9H13F3O3. The molecule has 6 heteroatoms. The van der Waals surface area contributed by atoms with Crippen LogP contribution in [0.3, 0.4) is 0 Å². The lowest BCUT2D eigenvalue weighted by atomic mass is 10.3. The van der Waals surface area contributed by atoms with E-state index in [0.717, 1.165) is 0 Å². The van der Waals surface area contributed by atoms with E-state index in [1.54, 1.807) is 6.92 Å². The smallest absolute Gasteiger partial charge is 0.391 e. The predicted octanol–water partition coefficient (Wildman–Crippen LogP) is 2.07. The lowest BCUT2D eigenvalue weighted by Crippen LogP contribution is -2.15. The molecule has 0 atom stereocenters. The van der Waals surface area contributed by atoms with Gasteiger partial charge in [0.15, 0.2) is 0 Å². The Balaban J connectivity index is 3.60. The summed E-state index contributed by atoms with van der Waals surface area (Å²) in [6.45, 7) is 4.42. The minimum absolute atomic E-state index is 0.0130. The maximum atomic E-state index is 11.7. The van der Waals surface area contributed by atoms with E-state index in [1.165, 1.54) is 0 Å². The van der Waals surface area contributed by atoms with Crippen LogP contribution in [-0.2, 0) is 14.3 Å². The quantitative estimate of drug-likeness (QED) is 0.395. The number of rotatable bonds is 6. The summed E-state index contributed by atoms with van der Waals surface area (Å²) in [5.74, 6) is -0.649. The molecule has 15 heavy (non-hydrogen) atoms. The average Bonchev–Trinajstić information content (AvgIpc) is 2.11. The van der Waals surface area contributed by atoms with E-state index in [9.17, 15) is 18.0 Å². The fourth-order valence-corrected chi connectivity index (χ4v) is 0.675. The van der Waals surface area contributed by atoms with E-state index in [0.29, 0.717) is 0 Å². The van der Waals surface area contributed by atoms with Gasteiger partial charge in [0.05, 0.1) is 31.8 Å². The normalized spacial score (nSPS) is 11.2. The van der Waals surface area contributed by atoms with Crippen molar-refractivity contribution in [1.29, 1.82) is 0 Å². The van der Waals surface area contributed by atoms with Gasteiger partial charge in [-0.1, -0.05) is 6.58 Å². The molecule has 0 radical (unpaired) electrons. The highest BCUT2D eigenvalue weighted by atomic mass is 19.4. The van der Waals surface area contributed by atoms with Crippen LogP contribution in [0.15, 0.2) is 12.2 Å². The van der Waals surface area contributed by atoms with Gasteiger partial charge in [-0.3, -0.25) is 0 Å². The van der Waals surface area contributed by atoms with Gasteiger partial charge in [-0.25, -0.2) is 4.79 Å². The summed E-state index contributed by atoms with van der Waals surface area (Å²) >= 11 is 0. The van der Waals surface area contributed by atoms with Crippen molar-refractivity contribution in [3.63, 3.8) is 0 Å². The van der Waals surface area contributed by atoms with Gasteiger partial charge in [0.1, 0.15) is 0 Å². The minimum Gasteiger partial charge on any atom is -0.463 e. The standard InChI is InChI=1S/C9H13F3O3/c1-3-15-8(13)7(2)6-14-5-4-9(10,11)12/h2-6H2,1H3. The second-order valence-corrected chi connectivity index (χ2v) is 2.74. The molecule has 0 aromatic carbocycles. The first kappa shape index (κ1) is 14.0. The SMILES string of the molecule is C=C(COCCC(F)(F)F)C(=O)OCC. The number of hydrogen-bond donors (Lipinski definition) is 0. The Morgan fingerprint density at radius 1 is 1.40 bits per heavy atom. The number of ether oxygens (including phenoxy) is 2. The Kier molecular flexibility index (Phi) is 6.00. The van der Waals surface area contributed by atoms with Crippen molar-refractivity contribution in [2.24, 2.45) is 0 Å². The van der Waals surface area contributed by atoms with E-state index in [4.69, 9.17) is 0 Å². The minimum atomic E-state index is -4.24. The number of hydrogen-bond acceptors (Lipinski definition) is 3. The molecule has 0 aliphatic rings. The zero-order valence-corrected chi connectivity index (χ0v) is 8.39. The van der Waals surface area contributed by atoms with Gasteiger partial charge in [-0.05, 0) is 6.92 Å². The lowest BCUT2D eigenvalue weighted by Gasteiger charge is -2.08. The molecule has 0 aliphatic carbocycles. The van der Waals surface area contributed by atoms with Crippen LogP contribution in [0, 0.1) is 0 Å². The fraction of sp³-hybridized carbons (Fsp3) is 0.667. The average molecular weight is 226 g/mol. The lowest BCUT2D eigenvalue weighted by molar-refractivity contribution is -0.145. The van der Waals surface area contributed by atoms with E-state index in [-0.39, 0.29) is 18.8 Å². The fourth-order valence-electron chi connectivity index (χ4n) is 0.675. The van der Waals surface area contributed by atoms with Crippen molar-refractivity contribution >= 4 is 5.97 Å². The first-order chi connectivity index (χ1) is 6.87. The summed E-state index contributed by atoms with van der Waals surface area (Å²) in [6.07, 6.45) is -5.28. The zero-order valence-electron chi connectivity index (χ0n) is 8.39. The highest BCUT2D eigenvalue weighted by molar-refractivity contribution is 5.87. The molecule has 0 aromatic rings. The molecule has 0 bridgehead atoms. The second kappa shape index (κ2) is 6.44. The Morgan fingerprint density at radius 3 is 2.47 bits per heavy atom. The van der Waals surface area contributed by atoms with Crippen molar-refractivity contribution < 1.29 is 27.4 Å². The van der Waals surface area contributed by atoms with Gasteiger partial charge in [0.2, 0.25) is 0 Å². The van der Waals surface area contributed by atoms with Gasteiger partial charge in [-0.2, -0.15) is 13.2 Å². The number of halogens is 3. The van der Waals surface area contributed by atoms with Crippen LogP contribution in [0.5, 0.6) is 0 Å². The zero-order chi connectivity index (χ0) is 11.9. The summed E-state index contributed by atoms with van der Waals surface area (Å²) in [6, 6.07) is 0. The molecule has 0 saturated heterocycles. The Hall–Kier alpha value is -1.04. The number of carbonyl (C=O) groups excluding carboxylic acids is 1. The monoisotopic (exact) mass is 226 g/mol. The Labute approximate surface area is 85.9 Å². The Bertz CT molecular complexity index is 223. The van der Waals surface area contributed by atoms with Gasteiger partial charge in [-0.15, -0.1) is 0 Å². The molecule has 0 saturated carbocycles. The van der Waals surface area contributed by atoms with Crippen molar-refractivity contribution in [1.82, 2.24) is 0 Å². The molecule has 0 aromatic heterocycles. The summed E-state index contributed by atoms with van der Waals surface area (Å²) < 4.78 is 44.2. The Morgan fingerprint density at radius 2 is 2.00 bits per heavy atom. The molecule has 88 valence electrons. The third-order valence-electron chi connectivity index (χ3n) is 1.37. The molecule has 0 unspecified atom stereocenters. The molecule has 0 amide bonds. The van der Waals surface area contributed by atoms with Gasteiger partial charge >= 0.3 is 12.1 Å². The molecule has 0 fully saturated rings. The maximum absolute atomic E-state index is 11.7. The molecular weight excluding hydrogens is 213 g/mol. The summed E-state index contributed by atoms with van der Waals surface area (Å²) in [5, 5.41) is 0. The number of esters is 1. The summed E-state index contributed by atoms with van der Waals surface area (Å²) in [5.41, 5.74) is 0.0130. The highest BCUT2D eigenvalue weighted by Gasteiger charge is 2.26. The van der Waals surface area contributed by atoms with Crippen molar-refractivity contribution in [2.75, 3.05) is 19.8 Å². The third kappa shape index (κ3) is 7.99. The van der Waals surface area contributed by atoms with Gasteiger partial charge in [0, 0.05) is 0 Å². The first-order valence-corrected chi connectivity index (χ1v) is 4.36. The van der Waals surface area contributed by atoms with E-state index < -0.39 is 25.2 Å². The third-order valence-corrected chi connectivity index (χ3v) is 1.37. The van der Waals surface area contributed by atoms with E-state index >= 15 is 0 Å². The number of alkyl halides is 3. The molecule has 0 N–H and O–H groups in total. The molecule has 0 rings (SSSR count). The van der Waals surface area contributed by atoms with Crippen molar-refractivity contribution in [2.45, 2.75) is 19.5 Å². The van der Waals surface area contributed by atoms with E-state index in [2.05, 4.69) is 16.1 Å². The summed E-state index contributed by atoms with van der Waals surface area (Å²) in [4.78, 5) is 10.9. The molecule has 3 nitrogen and oxygen atoms in total. The highest BCUT2D eigenvalue weighted by Crippen LogP contribution is 2.19. The largest absolute Gasteiger partial charge is 0.463 e. The van der Waals surface area contributed by atoms with Crippen LogP contribution in [0.2, 0.25) is 0 Å². The van der Waals surface area contributed by atoms with Crippen molar-refractivity contribution in [3.8, 4) is 0 Å². The van der Waals surface area contributed by atoms with Crippen LogP contribution in [0.4, 0.5) is 13.2 Å². The van der Waals surface area contributed by atoms with Gasteiger partial charge < -0.3 is 9.47 Å². The second-order valence-electron chi connectivity index (χ2n) is 2.74.